The van der Waals surface area contributed by atoms with Gasteiger partial charge in [-0.05, 0) is 86.8 Å². The fourth-order valence-corrected chi connectivity index (χ4v) is 7.07. The fourth-order valence-electron chi connectivity index (χ4n) is 7.07. The molecule has 6 rings (SSSR count). The average Bonchev–Trinajstić information content (AvgIpc) is 3.01. The Hall–Kier alpha value is -2.96. The van der Waals surface area contributed by atoms with Gasteiger partial charge in [-0.1, -0.05) is 6.08 Å². The van der Waals surface area contributed by atoms with E-state index in [1.165, 1.54) is 62.8 Å². The summed E-state index contributed by atoms with van der Waals surface area (Å²) in [5, 5.41) is 3.09. The number of ether oxygens (including phenoxy) is 1. The summed E-state index contributed by atoms with van der Waals surface area (Å²) in [7, 11) is 0. The van der Waals surface area contributed by atoms with Crippen molar-refractivity contribution in [2.75, 3.05) is 13.2 Å². The molecule has 4 bridgehead atoms. The molecule has 33 heavy (non-hydrogen) atoms. The molecule has 0 spiro atoms. The number of rotatable bonds is 7. The van der Waals surface area contributed by atoms with E-state index in [0.717, 1.165) is 22.7 Å². The van der Waals surface area contributed by atoms with Gasteiger partial charge in [-0.2, -0.15) is 0 Å². The quantitative estimate of drug-likeness (QED) is 0.391. The van der Waals surface area contributed by atoms with Gasteiger partial charge in [-0.25, -0.2) is 4.79 Å². The highest BCUT2D eigenvalue weighted by molar-refractivity contribution is 6.22. The maximum Gasteiger partial charge on any atom is 0.338 e. The van der Waals surface area contributed by atoms with Gasteiger partial charge in [0.15, 0.2) is 6.61 Å². The molecule has 3 amide bonds. The van der Waals surface area contributed by atoms with E-state index in [1.807, 2.05) is 0 Å². The van der Waals surface area contributed by atoms with Gasteiger partial charge in [-0.3, -0.25) is 19.3 Å². The summed E-state index contributed by atoms with van der Waals surface area (Å²) >= 11 is 0. The van der Waals surface area contributed by atoms with Crippen molar-refractivity contribution in [3.63, 3.8) is 0 Å². The van der Waals surface area contributed by atoms with Crippen molar-refractivity contribution in [3.8, 4) is 0 Å². The van der Waals surface area contributed by atoms with Crippen LogP contribution < -0.4 is 5.32 Å². The topological polar surface area (TPSA) is 92.8 Å². The molecular weight excluding hydrogens is 420 g/mol. The molecule has 1 aromatic carbocycles. The Bertz CT molecular complexity index is 1010. The highest BCUT2D eigenvalue weighted by Gasteiger charge is 2.53. The lowest BCUT2D eigenvalue weighted by Gasteiger charge is -2.59. The van der Waals surface area contributed by atoms with Crippen LogP contribution in [0.3, 0.4) is 0 Å². The standard InChI is InChI=1S/C26H30N2O5/c1-3-6-28-23(30)20-5-4-19(10-21(20)24(28)31)25(32)33-14-22(29)27-15(2)26-11-16-7-17(12-26)9-18(8-16)13-26/h3-5,10,15-18H,1,6-9,11-14H2,2H3,(H,27,29). The van der Waals surface area contributed by atoms with Crippen molar-refractivity contribution in [1.82, 2.24) is 10.2 Å². The smallest absolute Gasteiger partial charge is 0.338 e. The molecule has 1 aromatic rings. The van der Waals surface area contributed by atoms with E-state index in [-0.39, 0.29) is 47.2 Å². The molecule has 1 N–H and O–H groups in total. The first-order chi connectivity index (χ1) is 15.8. The summed E-state index contributed by atoms with van der Waals surface area (Å²) in [6, 6.07) is 4.30. The Labute approximate surface area is 193 Å². The molecule has 7 nitrogen and oxygen atoms in total. The first-order valence-electron chi connectivity index (χ1n) is 11.9. The first-order valence-corrected chi connectivity index (χ1v) is 11.9. The van der Waals surface area contributed by atoms with Gasteiger partial charge in [0.05, 0.1) is 16.7 Å². The summed E-state index contributed by atoms with van der Waals surface area (Å²) < 4.78 is 5.23. The number of amides is 3. The van der Waals surface area contributed by atoms with Crippen LogP contribution in [0.25, 0.3) is 0 Å². The maximum absolute atomic E-state index is 12.6. The molecule has 4 saturated carbocycles. The minimum Gasteiger partial charge on any atom is -0.452 e. The minimum atomic E-state index is -0.696. The van der Waals surface area contributed by atoms with Gasteiger partial charge in [0.25, 0.3) is 17.7 Å². The number of esters is 1. The third-order valence-electron chi connectivity index (χ3n) is 8.23. The number of hydrogen-bond donors (Lipinski definition) is 1. The van der Waals surface area contributed by atoms with Crippen LogP contribution in [0.15, 0.2) is 30.9 Å². The van der Waals surface area contributed by atoms with Crippen LogP contribution in [0.5, 0.6) is 0 Å². The molecule has 0 radical (unpaired) electrons. The van der Waals surface area contributed by atoms with Gasteiger partial charge in [0, 0.05) is 12.6 Å². The monoisotopic (exact) mass is 450 g/mol. The second kappa shape index (κ2) is 8.12. The zero-order valence-corrected chi connectivity index (χ0v) is 19.0. The number of carbonyl (C=O) groups excluding carboxylic acids is 4. The number of imide groups is 1. The fraction of sp³-hybridized carbons (Fsp3) is 0.538. The largest absolute Gasteiger partial charge is 0.452 e. The predicted molar refractivity (Wildman–Crippen MR) is 120 cm³/mol. The van der Waals surface area contributed by atoms with Crippen molar-refractivity contribution in [3.05, 3.63) is 47.5 Å². The van der Waals surface area contributed by atoms with Gasteiger partial charge in [-0.15, -0.1) is 6.58 Å². The Morgan fingerprint density at radius 2 is 1.73 bits per heavy atom. The van der Waals surface area contributed by atoms with Crippen LogP contribution in [0.4, 0.5) is 0 Å². The van der Waals surface area contributed by atoms with Crippen molar-refractivity contribution >= 4 is 23.7 Å². The van der Waals surface area contributed by atoms with Gasteiger partial charge >= 0.3 is 5.97 Å². The Kier molecular flexibility index (Phi) is 5.38. The van der Waals surface area contributed by atoms with E-state index in [4.69, 9.17) is 4.74 Å². The molecule has 7 heteroatoms. The highest BCUT2D eigenvalue weighted by Crippen LogP contribution is 2.61. The second-order valence-corrected chi connectivity index (χ2v) is 10.4. The molecule has 0 saturated heterocycles. The molecule has 1 atom stereocenters. The first kappa shape index (κ1) is 21.9. The van der Waals surface area contributed by atoms with Crippen LogP contribution >= 0.6 is 0 Å². The van der Waals surface area contributed by atoms with Gasteiger partial charge in [0.2, 0.25) is 0 Å². The van der Waals surface area contributed by atoms with Gasteiger partial charge in [0.1, 0.15) is 0 Å². The molecule has 4 fully saturated rings. The summed E-state index contributed by atoms with van der Waals surface area (Å²) in [6.07, 6.45) is 9.06. The number of benzene rings is 1. The third-order valence-corrected chi connectivity index (χ3v) is 8.23. The van der Waals surface area contributed by atoms with Crippen LogP contribution in [0.1, 0.15) is 76.5 Å². The van der Waals surface area contributed by atoms with E-state index < -0.39 is 17.8 Å². The summed E-state index contributed by atoms with van der Waals surface area (Å²) in [6.45, 7) is 5.38. The van der Waals surface area contributed by atoms with Crippen LogP contribution in [-0.4, -0.2) is 47.8 Å². The number of fused-ring (bicyclic) bond motifs is 1. The van der Waals surface area contributed by atoms with E-state index in [9.17, 15) is 19.2 Å². The molecule has 1 unspecified atom stereocenters. The summed E-state index contributed by atoms with van der Waals surface area (Å²) in [5.41, 5.74) is 0.729. The van der Waals surface area contributed by atoms with Crippen LogP contribution in [-0.2, 0) is 9.53 Å². The molecule has 1 aliphatic heterocycles. The number of carbonyl (C=O) groups is 4. The Balaban J connectivity index is 1.18. The van der Waals surface area contributed by atoms with Gasteiger partial charge < -0.3 is 10.1 Å². The molecular formula is C26H30N2O5. The van der Waals surface area contributed by atoms with Crippen molar-refractivity contribution < 1.29 is 23.9 Å². The second-order valence-electron chi connectivity index (χ2n) is 10.4. The predicted octanol–water partition coefficient (Wildman–Crippen LogP) is 3.35. The lowest BCUT2D eigenvalue weighted by Crippen LogP contribution is -2.56. The molecule has 5 aliphatic rings. The maximum atomic E-state index is 12.6. The summed E-state index contributed by atoms with van der Waals surface area (Å²) in [5.74, 6) is 0.509. The highest BCUT2D eigenvalue weighted by atomic mass is 16.5. The van der Waals surface area contributed by atoms with Crippen LogP contribution in [0, 0.1) is 23.2 Å². The summed E-state index contributed by atoms with van der Waals surface area (Å²) in [4.78, 5) is 51.0. The normalized spacial score (nSPS) is 30.2. The van der Waals surface area contributed by atoms with E-state index >= 15 is 0 Å². The lowest BCUT2D eigenvalue weighted by molar-refractivity contribution is -0.128. The van der Waals surface area contributed by atoms with Crippen molar-refractivity contribution in [2.24, 2.45) is 23.2 Å². The zero-order valence-electron chi connectivity index (χ0n) is 19.0. The van der Waals surface area contributed by atoms with Crippen molar-refractivity contribution in [2.45, 2.75) is 51.5 Å². The van der Waals surface area contributed by atoms with E-state index in [2.05, 4.69) is 18.8 Å². The van der Waals surface area contributed by atoms with Crippen molar-refractivity contribution in [1.29, 1.82) is 0 Å². The molecule has 0 aromatic heterocycles. The lowest BCUT2D eigenvalue weighted by atomic mass is 9.48. The third kappa shape index (κ3) is 3.77. The Morgan fingerprint density at radius 1 is 1.12 bits per heavy atom. The van der Waals surface area contributed by atoms with Crippen LogP contribution in [0.2, 0.25) is 0 Å². The number of hydrogen-bond acceptors (Lipinski definition) is 5. The molecule has 1 heterocycles. The average molecular weight is 451 g/mol. The number of nitrogens with one attached hydrogen (secondary N) is 1. The molecule has 4 aliphatic carbocycles. The molecule has 174 valence electrons. The van der Waals surface area contributed by atoms with E-state index in [1.54, 1.807) is 0 Å². The zero-order chi connectivity index (χ0) is 23.3. The van der Waals surface area contributed by atoms with E-state index in [0.29, 0.717) is 0 Å². The SMILES string of the molecule is C=CCN1C(=O)c2ccc(C(=O)OCC(=O)NC(C)C34CC5CC(CC(C5)C3)C4)cc2C1=O. The Morgan fingerprint density at radius 3 is 2.33 bits per heavy atom. The number of nitrogens with zero attached hydrogens (tertiary/aromatic N) is 1. The minimum absolute atomic E-state index is 0.0524.